The van der Waals surface area contributed by atoms with Gasteiger partial charge in [-0.2, -0.15) is 0 Å². The molecule has 0 aliphatic rings. The lowest BCUT2D eigenvalue weighted by molar-refractivity contribution is 0.534. The predicted octanol–water partition coefficient (Wildman–Crippen LogP) is 1.83. The molecule has 0 saturated heterocycles. The monoisotopic (exact) mass is 302 g/mol. The molecule has 0 amide bonds. The van der Waals surface area contributed by atoms with Crippen LogP contribution >= 0.6 is 11.8 Å². The van der Waals surface area contributed by atoms with E-state index in [-0.39, 0.29) is 11.7 Å². The maximum absolute atomic E-state index is 11.8. The number of aromatic amines is 1. The molecule has 0 saturated carbocycles. The second-order valence-corrected chi connectivity index (χ2v) is 5.79. The number of anilines is 1. The van der Waals surface area contributed by atoms with Crippen LogP contribution in [0.3, 0.4) is 0 Å². The molecular weight excluding hydrogens is 288 g/mol. The van der Waals surface area contributed by atoms with E-state index in [9.17, 15) is 4.79 Å². The van der Waals surface area contributed by atoms with Crippen molar-refractivity contribution < 1.29 is 0 Å². The zero-order chi connectivity index (χ0) is 15.0. The molecule has 0 aliphatic heterocycles. The zero-order valence-corrected chi connectivity index (χ0v) is 12.4. The number of nitrogens with two attached hydrogens (primary N) is 1. The number of aromatic nitrogens is 5. The molecule has 7 nitrogen and oxygen atoms in total. The number of nitrogen functional groups attached to an aromatic ring is 1. The van der Waals surface area contributed by atoms with Gasteiger partial charge < -0.3 is 5.73 Å². The summed E-state index contributed by atoms with van der Waals surface area (Å²) in [7, 11) is 0. The standard InChI is InChI=1S/C13H14N6OS/c1-7(2)19-12(20)17-18-13(19)21-11-9-4-3-8(14)5-10(9)15-6-16-11/h3-7H,14H2,1-2H3,(H,17,20). The first-order valence-corrected chi connectivity index (χ1v) is 7.23. The molecule has 21 heavy (non-hydrogen) atoms. The van der Waals surface area contributed by atoms with Gasteiger partial charge in [0.25, 0.3) is 0 Å². The van der Waals surface area contributed by atoms with E-state index < -0.39 is 0 Å². The Labute approximate surface area is 124 Å². The van der Waals surface area contributed by atoms with Gasteiger partial charge in [0.1, 0.15) is 11.4 Å². The van der Waals surface area contributed by atoms with Crippen LogP contribution in [0, 0.1) is 0 Å². The van der Waals surface area contributed by atoms with Gasteiger partial charge in [-0.3, -0.25) is 4.57 Å². The molecule has 2 aromatic heterocycles. The van der Waals surface area contributed by atoms with E-state index >= 15 is 0 Å². The fraction of sp³-hybridized carbons (Fsp3) is 0.231. The summed E-state index contributed by atoms with van der Waals surface area (Å²) >= 11 is 1.33. The van der Waals surface area contributed by atoms with Gasteiger partial charge in [0.2, 0.25) is 0 Å². The molecule has 0 fully saturated rings. The lowest BCUT2D eigenvalue weighted by Gasteiger charge is -2.09. The van der Waals surface area contributed by atoms with Crippen LogP contribution in [-0.4, -0.2) is 24.7 Å². The minimum absolute atomic E-state index is 0.0162. The van der Waals surface area contributed by atoms with E-state index in [0.29, 0.717) is 10.8 Å². The number of rotatable bonds is 3. The molecule has 3 aromatic rings. The zero-order valence-electron chi connectivity index (χ0n) is 11.6. The first-order chi connectivity index (χ1) is 10.1. The molecule has 0 radical (unpaired) electrons. The fourth-order valence-corrected chi connectivity index (χ4v) is 3.07. The maximum Gasteiger partial charge on any atom is 0.344 e. The highest BCUT2D eigenvalue weighted by Gasteiger charge is 2.15. The molecule has 3 N–H and O–H groups in total. The number of nitrogens with zero attached hydrogens (tertiary/aromatic N) is 4. The van der Waals surface area contributed by atoms with Crippen molar-refractivity contribution in [1.82, 2.24) is 24.7 Å². The third-order valence-corrected chi connectivity index (χ3v) is 3.99. The topological polar surface area (TPSA) is 102 Å². The van der Waals surface area contributed by atoms with Crippen LogP contribution in [0.15, 0.2) is 39.5 Å². The molecule has 2 heterocycles. The molecule has 0 unspecified atom stereocenters. The molecule has 0 aliphatic carbocycles. The van der Waals surface area contributed by atoms with Crippen LogP contribution in [0.4, 0.5) is 5.69 Å². The van der Waals surface area contributed by atoms with Crippen molar-refractivity contribution in [3.8, 4) is 0 Å². The van der Waals surface area contributed by atoms with Crippen LogP contribution in [0.25, 0.3) is 10.9 Å². The van der Waals surface area contributed by atoms with Crippen LogP contribution in [-0.2, 0) is 0 Å². The van der Waals surface area contributed by atoms with E-state index in [1.165, 1.54) is 18.1 Å². The molecule has 8 heteroatoms. The molecule has 0 spiro atoms. The molecule has 0 atom stereocenters. The van der Waals surface area contributed by atoms with Crippen LogP contribution in [0.2, 0.25) is 0 Å². The molecular formula is C13H14N6OS. The Morgan fingerprint density at radius 2 is 2.14 bits per heavy atom. The van der Waals surface area contributed by atoms with Crippen LogP contribution < -0.4 is 11.4 Å². The summed E-state index contributed by atoms with van der Waals surface area (Å²) in [6.07, 6.45) is 1.48. The molecule has 108 valence electrons. The van der Waals surface area contributed by atoms with E-state index in [2.05, 4.69) is 20.2 Å². The first-order valence-electron chi connectivity index (χ1n) is 6.41. The van der Waals surface area contributed by atoms with E-state index in [0.717, 1.165) is 15.9 Å². The molecule has 1 aromatic carbocycles. The lowest BCUT2D eigenvalue weighted by Crippen LogP contribution is -2.19. The Hall–Kier alpha value is -2.35. The highest BCUT2D eigenvalue weighted by Crippen LogP contribution is 2.30. The van der Waals surface area contributed by atoms with Crippen molar-refractivity contribution in [2.75, 3.05) is 5.73 Å². The SMILES string of the molecule is CC(C)n1c(Sc2ncnc3cc(N)ccc23)n[nH]c1=O. The van der Waals surface area contributed by atoms with Gasteiger partial charge in [0.05, 0.1) is 5.52 Å². The van der Waals surface area contributed by atoms with Crippen LogP contribution in [0.1, 0.15) is 19.9 Å². The van der Waals surface area contributed by atoms with E-state index in [1.54, 1.807) is 16.7 Å². The summed E-state index contributed by atoms with van der Waals surface area (Å²) < 4.78 is 1.59. The summed E-state index contributed by atoms with van der Waals surface area (Å²) in [4.78, 5) is 20.3. The van der Waals surface area contributed by atoms with Gasteiger partial charge in [-0.15, -0.1) is 5.10 Å². The van der Waals surface area contributed by atoms with Gasteiger partial charge >= 0.3 is 5.69 Å². The Morgan fingerprint density at radius 1 is 1.33 bits per heavy atom. The summed E-state index contributed by atoms with van der Waals surface area (Å²) in [5.74, 6) is 0. The third kappa shape index (κ3) is 2.49. The number of fused-ring (bicyclic) bond motifs is 1. The quantitative estimate of drug-likeness (QED) is 0.565. The fourth-order valence-electron chi connectivity index (χ4n) is 2.03. The van der Waals surface area contributed by atoms with Crippen molar-refractivity contribution in [3.05, 3.63) is 35.0 Å². The van der Waals surface area contributed by atoms with E-state index in [4.69, 9.17) is 5.73 Å². The second-order valence-electron chi connectivity index (χ2n) is 4.83. The average molecular weight is 302 g/mol. The Morgan fingerprint density at radius 3 is 2.90 bits per heavy atom. The van der Waals surface area contributed by atoms with Gasteiger partial charge in [0.15, 0.2) is 5.16 Å². The first kappa shape index (κ1) is 13.6. The summed E-state index contributed by atoms with van der Waals surface area (Å²) in [6.45, 7) is 3.86. The Kier molecular flexibility index (Phi) is 3.38. The second kappa shape index (κ2) is 5.21. The maximum atomic E-state index is 11.8. The van der Waals surface area contributed by atoms with Gasteiger partial charge in [-0.05, 0) is 43.8 Å². The highest BCUT2D eigenvalue weighted by atomic mass is 32.2. The summed E-state index contributed by atoms with van der Waals surface area (Å²) in [6, 6.07) is 5.48. The highest BCUT2D eigenvalue weighted by molar-refractivity contribution is 7.99. The van der Waals surface area contributed by atoms with Crippen LogP contribution in [0.5, 0.6) is 0 Å². The van der Waals surface area contributed by atoms with Crippen molar-refractivity contribution in [2.24, 2.45) is 0 Å². The minimum atomic E-state index is -0.227. The largest absolute Gasteiger partial charge is 0.399 e. The van der Waals surface area contributed by atoms with Crippen molar-refractivity contribution in [2.45, 2.75) is 30.1 Å². The third-order valence-electron chi connectivity index (χ3n) is 3.00. The number of H-pyrrole nitrogens is 1. The number of hydrogen-bond acceptors (Lipinski definition) is 6. The number of hydrogen-bond donors (Lipinski definition) is 2. The Balaban J connectivity index is 2.09. The minimum Gasteiger partial charge on any atom is -0.399 e. The smallest absolute Gasteiger partial charge is 0.344 e. The van der Waals surface area contributed by atoms with Gasteiger partial charge in [0, 0.05) is 17.1 Å². The molecule has 0 bridgehead atoms. The number of nitrogens with one attached hydrogen (secondary N) is 1. The normalized spacial score (nSPS) is 11.4. The summed E-state index contributed by atoms with van der Waals surface area (Å²) in [5, 5.41) is 8.72. The lowest BCUT2D eigenvalue weighted by atomic mass is 10.2. The van der Waals surface area contributed by atoms with Crippen molar-refractivity contribution in [1.29, 1.82) is 0 Å². The predicted molar refractivity (Wildman–Crippen MR) is 81.3 cm³/mol. The van der Waals surface area contributed by atoms with Crippen molar-refractivity contribution in [3.63, 3.8) is 0 Å². The Bertz CT molecular complexity index is 853. The van der Waals surface area contributed by atoms with E-state index in [1.807, 2.05) is 19.9 Å². The van der Waals surface area contributed by atoms with Crippen molar-refractivity contribution >= 4 is 28.4 Å². The van der Waals surface area contributed by atoms with Gasteiger partial charge in [-0.25, -0.2) is 19.9 Å². The summed E-state index contributed by atoms with van der Waals surface area (Å²) in [5.41, 5.74) is 6.95. The molecule has 3 rings (SSSR count). The number of benzene rings is 1. The van der Waals surface area contributed by atoms with Gasteiger partial charge in [-0.1, -0.05) is 0 Å². The average Bonchev–Trinajstić information content (AvgIpc) is 2.79.